The van der Waals surface area contributed by atoms with Crippen LogP contribution in [0.4, 0.5) is 11.4 Å². The molecule has 0 N–H and O–H groups in total. The zero-order valence-electron chi connectivity index (χ0n) is 36.9. The summed E-state index contributed by atoms with van der Waals surface area (Å²) in [5, 5.41) is 1.91. The Labute approximate surface area is 352 Å². The minimum absolute atomic E-state index is 0.0220. The van der Waals surface area contributed by atoms with Crippen molar-refractivity contribution in [2.45, 2.75) is 115 Å². The maximum atomic E-state index is 14.2. The maximum absolute atomic E-state index is 14.2. The first-order valence-electron chi connectivity index (χ1n) is 22.0. The summed E-state index contributed by atoms with van der Waals surface area (Å²) < 4.78 is 19.0. The second-order valence-corrected chi connectivity index (χ2v) is 21.2. The van der Waals surface area contributed by atoms with Gasteiger partial charge in [0, 0.05) is 60.7 Å². The van der Waals surface area contributed by atoms with Gasteiger partial charge in [-0.15, -0.1) is 0 Å². The predicted octanol–water partition coefficient (Wildman–Crippen LogP) is 11.5. The molecule has 0 spiro atoms. The fourth-order valence-electron chi connectivity index (χ4n) is 11.8. The van der Waals surface area contributed by atoms with Crippen molar-refractivity contribution >= 4 is 33.3 Å². The van der Waals surface area contributed by atoms with Crippen molar-refractivity contribution in [3.05, 3.63) is 115 Å². The van der Waals surface area contributed by atoms with Crippen LogP contribution in [0.25, 0.3) is 55.3 Å². The molecular weight excluding hydrogens is 745 g/mol. The van der Waals surface area contributed by atoms with Crippen molar-refractivity contribution in [2.75, 3.05) is 43.1 Å². The molecule has 60 heavy (non-hydrogen) atoms. The van der Waals surface area contributed by atoms with Gasteiger partial charge in [-0.25, -0.2) is 9.59 Å². The van der Waals surface area contributed by atoms with Gasteiger partial charge < -0.3 is 23.4 Å². The zero-order chi connectivity index (χ0) is 42.1. The summed E-state index contributed by atoms with van der Waals surface area (Å²) in [7, 11) is 1.77. The molecule has 1 aliphatic carbocycles. The molecule has 308 valence electrons. The van der Waals surface area contributed by atoms with Gasteiger partial charge in [-0.2, -0.15) is 0 Å². The second kappa shape index (κ2) is 12.0. The van der Waals surface area contributed by atoms with Crippen LogP contribution in [0, 0.1) is 0 Å². The summed E-state index contributed by atoms with van der Waals surface area (Å²) in [5.41, 5.74) is 14.3. The lowest BCUT2D eigenvalue weighted by Gasteiger charge is -2.48. The number of anilines is 2. The molecule has 11 rings (SSSR count). The molecule has 1 unspecified atom stereocenters. The van der Waals surface area contributed by atoms with Crippen LogP contribution in [0.5, 0.6) is 0 Å². The van der Waals surface area contributed by atoms with E-state index < -0.39 is 11.0 Å². The van der Waals surface area contributed by atoms with Gasteiger partial charge in [-0.1, -0.05) is 79.7 Å². The van der Waals surface area contributed by atoms with Crippen molar-refractivity contribution in [2.24, 2.45) is 0 Å². The summed E-state index contributed by atoms with van der Waals surface area (Å²) >= 11 is 0. The van der Waals surface area contributed by atoms with Crippen LogP contribution in [0.2, 0.25) is 0 Å². The maximum Gasteiger partial charge on any atom is 0.344 e. The van der Waals surface area contributed by atoms with E-state index in [1.165, 1.54) is 28.1 Å². The number of methoxy groups -OCH3 is 1. The fourth-order valence-corrected chi connectivity index (χ4v) is 11.8. The van der Waals surface area contributed by atoms with Gasteiger partial charge >= 0.3 is 11.3 Å². The second-order valence-electron chi connectivity index (χ2n) is 21.2. The normalized spacial score (nSPS) is 22.4. The molecule has 7 heteroatoms. The molecule has 0 bridgehead atoms. The van der Waals surface area contributed by atoms with Crippen molar-refractivity contribution in [1.29, 1.82) is 0 Å². The summed E-state index contributed by atoms with van der Waals surface area (Å²) in [6.07, 6.45) is 4.00. The van der Waals surface area contributed by atoms with E-state index in [-0.39, 0.29) is 27.5 Å². The van der Waals surface area contributed by atoms with Crippen molar-refractivity contribution in [3.63, 3.8) is 0 Å². The van der Waals surface area contributed by atoms with Crippen LogP contribution < -0.4 is 21.1 Å². The van der Waals surface area contributed by atoms with Gasteiger partial charge in [0.2, 0.25) is 0 Å². The van der Waals surface area contributed by atoms with Crippen molar-refractivity contribution < 1.29 is 13.6 Å². The van der Waals surface area contributed by atoms with E-state index in [2.05, 4.69) is 127 Å². The average molecular weight is 801 g/mol. The van der Waals surface area contributed by atoms with E-state index in [1.807, 2.05) is 6.07 Å². The molecule has 6 aromatic rings. The first kappa shape index (κ1) is 37.8. The lowest BCUT2D eigenvalue weighted by molar-refractivity contribution is -0.00712. The fraction of sp³-hybridized carbons (Fsp3) is 0.434. The molecule has 0 radical (unpaired) electrons. The molecule has 1 atom stereocenters. The highest BCUT2D eigenvalue weighted by Crippen LogP contribution is 2.55. The Balaban J connectivity index is 1.01. The highest BCUT2D eigenvalue weighted by molar-refractivity contribution is 5.95. The Morgan fingerprint density at radius 1 is 0.500 bits per heavy atom. The highest BCUT2D eigenvalue weighted by atomic mass is 16.5. The Bertz CT molecular complexity index is 3010. The first-order valence-corrected chi connectivity index (χ1v) is 22.0. The number of benzene rings is 4. The van der Waals surface area contributed by atoms with Crippen LogP contribution in [0.15, 0.2) is 79.1 Å². The Hall–Kier alpha value is -5.14. The van der Waals surface area contributed by atoms with Gasteiger partial charge in [-0.3, -0.25) is 0 Å². The van der Waals surface area contributed by atoms with E-state index in [9.17, 15) is 9.59 Å². The molecule has 0 saturated heterocycles. The standard InChI is InChI=1S/C53H56N2O5/c1-49(2)15-19-54-21-17-51(5,6)41-43(54)39(49)27-31-23-35(47(56)59-45(31)41)29-11-13-33-34-14-12-30(26-38(34)52(7,8)37(33)25-29)36-24-32-28-40-44-42(46(32)60-48(36)57)53(9,58-10)18-22-55(44)20-16-50(40,3)4/h11-14,23-28H,15-22H2,1-10H3. The SMILES string of the molecule is COC1(C)CCN2CCC(C)(C)c3cc4cc(-c5ccc6c(c5)C(C)(C)c5cc(-c7cc8cc9c%10c(c8oc7=O)C(C)(C)CCN%10CCC9(C)C)ccc5-6)c(=O)oc4c1c32. The number of fused-ring (bicyclic) bond motifs is 7. The average Bonchev–Trinajstić information content (AvgIpc) is 3.43. The third kappa shape index (κ3) is 5.05. The molecule has 0 saturated carbocycles. The lowest BCUT2D eigenvalue weighted by Crippen LogP contribution is -2.46. The van der Waals surface area contributed by atoms with E-state index in [1.54, 1.807) is 7.11 Å². The van der Waals surface area contributed by atoms with E-state index in [0.29, 0.717) is 16.7 Å². The molecule has 0 amide bonds. The van der Waals surface area contributed by atoms with Crippen LogP contribution >= 0.6 is 0 Å². The van der Waals surface area contributed by atoms with Crippen molar-refractivity contribution in [3.8, 4) is 33.4 Å². The van der Waals surface area contributed by atoms with Crippen LogP contribution in [-0.4, -0.2) is 33.3 Å². The summed E-state index contributed by atoms with van der Waals surface area (Å²) in [6.45, 7) is 24.5. The summed E-state index contributed by atoms with van der Waals surface area (Å²) in [5.74, 6) is 0. The third-order valence-corrected chi connectivity index (χ3v) is 15.9. The van der Waals surface area contributed by atoms with E-state index in [4.69, 9.17) is 13.6 Å². The Morgan fingerprint density at radius 3 is 1.42 bits per heavy atom. The zero-order valence-corrected chi connectivity index (χ0v) is 36.9. The number of nitrogens with zero attached hydrogens (tertiary/aromatic N) is 2. The Kier molecular flexibility index (Phi) is 7.58. The molecule has 4 aliphatic heterocycles. The van der Waals surface area contributed by atoms with Crippen LogP contribution in [-0.2, 0) is 32.0 Å². The number of hydrogen-bond donors (Lipinski definition) is 0. The number of hydrogen-bond acceptors (Lipinski definition) is 7. The van der Waals surface area contributed by atoms with E-state index in [0.717, 1.165) is 107 Å². The van der Waals surface area contributed by atoms with E-state index >= 15 is 0 Å². The van der Waals surface area contributed by atoms with Gasteiger partial charge in [0.15, 0.2) is 0 Å². The van der Waals surface area contributed by atoms with Gasteiger partial charge in [-0.05, 0) is 130 Å². The monoisotopic (exact) mass is 800 g/mol. The predicted molar refractivity (Wildman–Crippen MR) is 243 cm³/mol. The largest absolute Gasteiger partial charge is 0.422 e. The molecule has 0 fully saturated rings. The van der Waals surface area contributed by atoms with Crippen LogP contribution in [0.1, 0.15) is 121 Å². The number of rotatable bonds is 3. The van der Waals surface area contributed by atoms with Gasteiger partial charge in [0.05, 0.1) is 28.0 Å². The topological polar surface area (TPSA) is 76.1 Å². The quantitative estimate of drug-likeness (QED) is 0.165. The third-order valence-electron chi connectivity index (χ3n) is 15.9. The molecule has 2 aromatic heterocycles. The molecule has 4 aromatic carbocycles. The molecule has 7 nitrogen and oxygen atoms in total. The smallest absolute Gasteiger partial charge is 0.344 e. The summed E-state index contributed by atoms with van der Waals surface area (Å²) in [6, 6.07) is 21.4. The Morgan fingerprint density at radius 2 is 0.933 bits per heavy atom. The first-order chi connectivity index (χ1) is 28.3. The van der Waals surface area contributed by atoms with Gasteiger partial charge in [0.25, 0.3) is 0 Å². The van der Waals surface area contributed by atoms with Crippen LogP contribution in [0.3, 0.4) is 0 Å². The minimum Gasteiger partial charge on any atom is -0.422 e. The highest BCUT2D eigenvalue weighted by Gasteiger charge is 2.45. The van der Waals surface area contributed by atoms with Crippen molar-refractivity contribution in [1.82, 2.24) is 0 Å². The molecular formula is C53H56N2O5. The minimum atomic E-state index is -0.563. The molecule has 6 heterocycles. The lowest BCUT2D eigenvalue weighted by atomic mass is 9.69. The van der Waals surface area contributed by atoms with Gasteiger partial charge in [0.1, 0.15) is 11.2 Å². The molecule has 5 aliphatic rings. The number of ether oxygens (including phenoxy) is 1. The summed E-state index contributed by atoms with van der Waals surface area (Å²) in [4.78, 5) is 33.2.